The molecule has 164 valence electrons. The molecule has 0 bridgehead atoms. The van der Waals surface area contributed by atoms with Gasteiger partial charge >= 0.3 is 0 Å². The highest BCUT2D eigenvalue weighted by molar-refractivity contribution is 6.35. The Hall–Kier alpha value is -2.83. The van der Waals surface area contributed by atoms with Crippen molar-refractivity contribution in [2.45, 2.75) is 32.7 Å². The summed E-state index contributed by atoms with van der Waals surface area (Å²) < 4.78 is 7.10. The number of benzene rings is 2. The smallest absolute Gasteiger partial charge is 0.226 e. The molecule has 8 heteroatoms. The topological polar surface area (TPSA) is 69.0 Å². The number of carbonyl (C=O) groups is 1. The van der Waals surface area contributed by atoms with Gasteiger partial charge in [0.05, 0.1) is 7.11 Å². The molecule has 32 heavy (non-hydrogen) atoms. The molecule has 2 aromatic carbocycles. The fraction of sp³-hybridized carbons (Fsp3) is 0.292. The van der Waals surface area contributed by atoms with Gasteiger partial charge in [-0.25, -0.2) is 4.68 Å². The molecule has 1 aliphatic carbocycles. The highest BCUT2D eigenvalue weighted by Gasteiger charge is 2.42. The lowest BCUT2D eigenvalue weighted by molar-refractivity contribution is -0.118. The van der Waals surface area contributed by atoms with Gasteiger partial charge in [-0.15, -0.1) is 5.10 Å². The Bertz CT molecular complexity index is 1280. The van der Waals surface area contributed by atoms with Crippen LogP contribution in [0.1, 0.15) is 38.3 Å². The molecule has 1 unspecified atom stereocenters. The van der Waals surface area contributed by atoms with E-state index >= 15 is 0 Å². The second-order valence-corrected chi connectivity index (χ2v) is 9.81. The number of fused-ring (bicyclic) bond motifs is 1. The minimum Gasteiger partial charge on any atom is -0.497 e. The molecule has 0 spiro atoms. The maximum absolute atomic E-state index is 13.3. The van der Waals surface area contributed by atoms with E-state index in [-0.39, 0.29) is 11.2 Å². The van der Waals surface area contributed by atoms with Crippen LogP contribution < -0.4 is 10.1 Å². The van der Waals surface area contributed by atoms with Gasteiger partial charge in [-0.2, -0.15) is 4.98 Å². The molecule has 1 N–H and O–H groups in total. The number of nitrogens with zero attached hydrogens (tertiary/aromatic N) is 3. The Labute approximate surface area is 196 Å². The molecule has 6 nitrogen and oxygen atoms in total. The summed E-state index contributed by atoms with van der Waals surface area (Å²) in [6, 6.07) is 12.4. The van der Waals surface area contributed by atoms with E-state index in [4.69, 9.17) is 38.0 Å². The van der Waals surface area contributed by atoms with Crippen molar-refractivity contribution in [3.05, 3.63) is 69.3 Å². The molecule has 2 aliphatic rings. The van der Waals surface area contributed by atoms with Gasteiger partial charge < -0.3 is 10.1 Å². The van der Waals surface area contributed by atoms with Gasteiger partial charge in [0, 0.05) is 38.9 Å². The first-order valence-electron chi connectivity index (χ1n) is 10.3. The van der Waals surface area contributed by atoms with Crippen LogP contribution in [0, 0.1) is 5.41 Å². The van der Waals surface area contributed by atoms with Crippen molar-refractivity contribution in [1.29, 1.82) is 0 Å². The number of ketones is 1. The molecule has 0 amide bonds. The number of ether oxygens (including phenoxy) is 1. The molecule has 1 aliphatic heterocycles. The lowest BCUT2D eigenvalue weighted by atomic mass is 9.73. The van der Waals surface area contributed by atoms with Crippen molar-refractivity contribution in [3.63, 3.8) is 0 Å². The fourth-order valence-electron chi connectivity index (χ4n) is 4.50. The number of halogens is 2. The highest BCUT2D eigenvalue weighted by atomic mass is 35.5. The third-order valence-corrected chi connectivity index (χ3v) is 6.48. The molecular formula is C24H22Cl2N4O2. The summed E-state index contributed by atoms with van der Waals surface area (Å²) in [5, 5.41) is 9.19. The van der Waals surface area contributed by atoms with Crippen molar-refractivity contribution < 1.29 is 9.53 Å². The van der Waals surface area contributed by atoms with Crippen molar-refractivity contribution in [1.82, 2.24) is 14.8 Å². The monoisotopic (exact) mass is 468 g/mol. The number of anilines is 1. The Balaban J connectivity index is 1.69. The zero-order valence-electron chi connectivity index (χ0n) is 17.9. The number of hydrogen-bond acceptors (Lipinski definition) is 5. The highest BCUT2D eigenvalue weighted by Crippen LogP contribution is 2.47. The molecule has 1 atom stereocenters. The number of carbonyl (C=O) groups excluding carboxylic acids is 1. The van der Waals surface area contributed by atoms with Gasteiger partial charge in [-0.05, 0) is 36.1 Å². The first-order chi connectivity index (χ1) is 15.3. The quantitative estimate of drug-likeness (QED) is 0.516. The van der Waals surface area contributed by atoms with E-state index in [1.807, 2.05) is 30.3 Å². The summed E-state index contributed by atoms with van der Waals surface area (Å²) in [5.74, 6) is 1.91. The van der Waals surface area contributed by atoms with Gasteiger partial charge in [0.1, 0.15) is 11.8 Å². The van der Waals surface area contributed by atoms with Crippen LogP contribution in [-0.4, -0.2) is 27.7 Å². The molecule has 0 radical (unpaired) electrons. The van der Waals surface area contributed by atoms with E-state index in [1.165, 1.54) is 0 Å². The van der Waals surface area contributed by atoms with Gasteiger partial charge in [0.25, 0.3) is 0 Å². The number of nitrogens with one attached hydrogen (secondary N) is 1. The largest absolute Gasteiger partial charge is 0.497 e. The minimum absolute atomic E-state index is 0.0869. The van der Waals surface area contributed by atoms with E-state index in [9.17, 15) is 4.79 Å². The lowest BCUT2D eigenvalue weighted by Crippen LogP contribution is -2.36. The average molecular weight is 469 g/mol. The summed E-state index contributed by atoms with van der Waals surface area (Å²) in [6.45, 7) is 4.20. The first kappa shape index (κ1) is 21.0. The SMILES string of the molecule is COc1cccc(-c2nc3n(n2)C(c2ccc(Cl)cc2Cl)C2=C(CC(C)(C)CC2=O)N3)c1. The molecule has 5 rings (SSSR count). The molecule has 0 saturated carbocycles. The molecule has 0 saturated heterocycles. The van der Waals surface area contributed by atoms with Crippen LogP contribution in [0.15, 0.2) is 53.7 Å². The van der Waals surface area contributed by atoms with Gasteiger partial charge in [-0.3, -0.25) is 4.79 Å². The van der Waals surface area contributed by atoms with E-state index in [2.05, 4.69) is 19.2 Å². The van der Waals surface area contributed by atoms with Crippen LogP contribution in [-0.2, 0) is 4.79 Å². The Morgan fingerprint density at radius 3 is 2.72 bits per heavy atom. The number of rotatable bonds is 3. The van der Waals surface area contributed by atoms with Crippen molar-refractivity contribution in [2.24, 2.45) is 5.41 Å². The summed E-state index contributed by atoms with van der Waals surface area (Å²) in [5.41, 5.74) is 3.00. The minimum atomic E-state index is -0.485. The summed E-state index contributed by atoms with van der Waals surface area (Å²) in [6.07, 6.45) is 1.19. The maximum atomic E-state index is 13.3. The van der Waals surface area contributed by atoms with Crippen LogP contribution in [0.4, 0.5) is 5.95 Å². The molecular weight excluding hydrogens is 447 g/mol. The third-order valence-electron chi connectivity index (χ3n) is 5.92. The molecule has 3 aromatic rings. The summed E-state index contributed by atoms with van der Waals surface area (Å²) >= 11 is 12.8. The van der Waals surface area contributed by atoms with E-state index < -0.39 is 6.04 Å². The molecule has 1 aromatic heterocycles. The zero-order valence-corrected chi connectivity index (χ0v) is 19.5. The summed E-state index contributed by atoms with van der Waals surface area (Å²) in [4.78, 5) is 18.1. The average Bonchev–Trinajstić information content (AvgIpc) is 3.15. The number of hydrogen-bond donors (Lipinski definition) is 1. The fourth-order valence-corrected chi connectivity index (χ4v) is 5.02. The van der Waals surface area contributed by atoms with Crippen molar-refractivity contribution in [3.8, 4) is 17.1 Å². The second kappa shape index (κ2) is 7.64. The zero-order chi connectivity index (χ0) is 22.6. The summed E-state index contributed by atoms with van der Waals surface area (Å²) in [7, 11) is 1.62. The second-order valence-electron chi connectivity index (χ2n) is 8.96. The molecule has 2 heterocycles. The Morgan fingerprint density at radius 2 is 1.97 bits per heavy atom. The van der Waals surface area contributed by atoms with Crippen molar-refractivity contribution in [2.75, 3.05) is 12.4 Å². The van der Waals surface area contributed by atoms with Crippen LogP contribution in [0.25, 0.3) is 11.4 Å². The lowest BCUT2D eigenvalue weighted by Gasteiger charge is -2.38. The van der Waals surface area contributed by atoms with Gasteiger partial charge in [-0.1, -0.05) is 55.2 Å². The number of allylic oxidation sites excluding steroid dienone is 2. The Kier molecular flexibility index (Phi) is 5.02. The van der Waals surface area contributed by atoms with E-state index in [0.29, 0.717) is 33.8 Å². The predicted octanol–water partition coefficient (Wildman–Crippen LogP) is 5.92. The number of Topliss-reactive ketones (excluding diaryl/α,β-unsaturated/α-hetero) is 1. The number of methoxy groups -OCH3 is 1. The predicted molar refractivity (Wildman–Crippen MR) is 125 cm³/mol. The molecule has 0 fully saturated rings. The van der Waals surface area contributed by atoms with Crippen molar-refractivity contribution >= 4 is 34.9 Å². The van der Waals surface area contributed by atoms with E-state index in [1.54, 1.807) is 23.9 Å². The first-order valence-corrected chi connectivity index (χ1v) is 11.1. The Morgan fingerprint density at radius 1 is 1.16 bits per heavy atom. The standard InChI is InChI=1S/C24H22Cl2N4O2/c1-24(2)11-18-20(19(31)12-24)21(16-8-7-14(25)10-17(16)26)30-23(27-18)28-22(29-30)13-5-4-6-15(9-13)32-3/h4-10,21H,11-12H2,1-3H3,(H,27,28,29). The van der Waals surface area contributed by atoms with Gasteiger partial charge in [0.2, 0.25) is 5.95 Å². The van der Waals surface area contributed by atoms with Crippen LogP contribution >= 0.6 is 23.2 Å². The number of aromatic nitrogens is 3. The van der Waals surface area contributed by atoms with Crippen LogP contribution in [0.5, 0.6) is 5.75 Å². The normalized spacial score (nSPS) is 19.3. The van der Waals surface area contributed by atoms with Crippen LogP contribution in [0.2, 0.25) is 10.0 Å². The maximum Gasteiger partial charge on any atom is 0.226 e. The third kappa shape index (κ3) is 3.57. The van der Waals surface area contributed by atoms with Crippen LogP contribution in [0.3, 0.4) is 0 Å². The van der Waals surface area contributed by atoms with E-state index in [0.717, 1.165) is 29.0 Å². The van der Waals surface area contributed by atoms with Gasteiger partial charge in [0.15, 0.2) is 11.6 Å².